The van der Waals surface area contributed by atoms with Gasteiger partial charge in [0.05, 0.1) is 6.61 Å². The van der Waals surface area contributed by atoms with E-state index in [1.807, 2.05) is 24.3 Å². The molecule has 0 saturated heterocycles. The van der Waals surface area contributed by atoms with Crippen LogP contribution in [0.1, 0.15) is 83.6 Å². The second kappa shape index (κ2) is 12.6. The zero-order valence-corrected chi connectivity index (χ0v) is 16.8. The minimum absolute atomic E-state index is 0.737. The van der Waals surface area contributed by atoms with Gasteiger partial charge in [0.25, 0.3) is 0 Å². The molecule has 0 aliphatic heterocycles. The van der Waals surface area contributed by atoms with E-state index in [4.69, 9.17) is 4.74 Å². The van der Waals surface area contributed by atoms with Gasteiger partial charge in [0.15, 0.2) is 0 Å². The average Bonchev–Trinajstić information content (AvgIpc) is 2.68. The van der Waals surface area contributed by atoms with Crippen LogP contribution in [0.15, 0.2) is 36.4 Å². The first-order valence-corrected chi connectivity index (χ1v) is 10.7. The fraction of sp³-hybridized carbons (Fsp3) is 0.600. The Morgan fingerprint density at radius 3 is 2.38 bits per heavy atom. The molecular formula is C25H36O. The molecule has 0 spiro atoms. The number of allylic oxidation sites excluding steroid dienone is 2. The molecule has 0 N–H and O–H groups in total. The highest BCUT2D eigenvalue weighted by Crippen LogP contribution is 2.32. The van der Waals surface area contributed by atoms with Crippen LogP contribution in [-0.2, 0) is 0 Å². The van der Waals surface area contributed by atoms with Crippen LogP contribution in [0.2, 0.25) is 0 Å². The summed E-state index contributed by atoms with van der Waals surface area (Å²) in [5, 5.41) is 0. The van der Waals surface area contributed by atoms with E-state index in [0.29, 0.717) is 0 Å². The predicted molar refractivity (Wildman–Crippen MR) is 112 cm³/mol. The predicted octanol–water partition coefficient (Wildman–Crippen LogP) is 7.16. The summed E-state index contributed by atoms with van der Waals surface area (Å²) in [4.78, 5) is 0. The Morgan fingerprint density at radius 2 is 1.69 bits per heavy atom. The third-order valence-corrected chi connectivity index (χ3v) is 5.40. The Labute approximate surface area is 161 Å². The third-order valence-electron chi connectivity index (χ3n) is 5.40. The maximum absolute atomic E-state index is 5.68. The van der Waals surface area contributed by atoms with Gasteiger partial charge < -0.3 is 4.74 Å². The topological polar surface area (TPSA) is 9.23 Å². The van der Waals surface area contributed by atoms with Crippen LogP contribution in [-0.4, -0.2) is 6.61 Å². The number of benzene rings is 1. The number of hydrogen-bond donors (Lipinski definition) is 0. The maximum atomic E-state index is 5.68. The van der Waals surface area contributed by atoms with Crippen LogP contribution in [0.3, 0.4) is 0 Å². The molecule has 0 radical (unpaired) electrons. The summed E-state index contributed by atoms with van der Waals surface area (Å²) in [5.74, 6) is 9.09. The molecule has 1 aromatic rings. The van der Waals surface area contributed by atoms with E-state index >= 15 is 0 Å². The quantitative estimate of drug-likeness (QED) is 0.338. The fourth-order valence-electron chi connectivity index (χ4n) is 3.63. The number of hydrogen-bond acceptors (Lipinski definition) is 1. The third kappa shape index (κ3) is 8.13. The molecule has 1 aliphatic rings. The molecule has 1 aromatic carbocycles. The lowest BCUT2D eigenvalue weighted by Gasteiger charge is -2.26. The van der Waals surface area contributed by atoms with Crippen molar-refractivity contribution in [3.63, 3.8) is 0 Å². The van der Waals surface area contributed by atoms with Crippen LogP contribution in [0.25, 0.3) is 0 Å². The van der Waals surface area contributed by atoms with Crippen molar-refractivity contribution in [2.75, 3.05) is 6.61 Å². The first-order valence-electron chi connectivity index (χ1n) is 10.7. The van der Waals surface area contributed by atoms with Gasteiger partial charge in [0.1, 0.15) is 5.75 Å². The molecule has 0 bridgehead atoms. The summed E-state index contributed by atoms with van der Waals surface area (Å²) in [6.45, 7) is 5.26. The van der Waals surface area contributed by atoms with E-state index in [1.54, 1.807) is 0 Å². The Balaban J connectivity index is 1.69. The second-order valence-electron chi connectivity index (χ2n) is 7.63. The highest BCUT2D eigenvalue weighted by Gasteiger charge is 2.18. The summed E-state index contributed by atoms with van der Waals surface area (Å²) in [5.41, 5.74) is 1.05. The van der Waals surface area contributed by atoms with E-state index in [2.05, 4.69) is 37.8 Å². The summed E-state index contributed by atoms with van der Waals surface area (Å²) in [6.07, 6.45) is 17.8. The van der Waals surface area contributed by atoms with Crippen molar-refractivity contribution in [1.82, 2.24) is 0 Å². The fourth-order valence-corrected chi connectivity index (χ4v) is 3.63. The molecule has 0 aromatic heterocycles. The molecule has 1 fully saturated rings. The Hall–Kier alpha value is -1.68. The van der Waals surface area contributed by atoms with Crippen molar-refractivity contribution in [1.29, 1.82) is 0 Å². The molecule has 1 nitrogen and oxygen atoms in total. The Kier molecular flexibility index (Phi) is 10.0. The normalized spacial score (nSPS) is 19.9. The zero-order chi connectivity index (χ0) is 18.5. The highest BCUT2D eigenvalue weighted by molar-refractivity contribution is 5.40. The lowest BCUT2D eigenvalue weighted by Crippen LogP contribution is -2.12. The molecule has 142 valence electrons. The minimum Gasteiger partial charge on any atom is -0.494 e. The second-order valence-corrected chi connectivity index (χ2v) is 7.63. The van der Waals surface area contributed by atoms with Crippen LogP contribution < -0.4 is 4.74 Å². The molecule has 0 amide bonds. The largest absolute Gasteiger partial charge is 0.494 e. The van der Waals surface area contributed by atoms with Gasteiger partial charge in [-0.1, -0.05) is 63.9 Å². The van der Waals surface area contributed by atoms with Gasteiger partial charge in [-0.15, -0.1) is 0 Å². The van der Waals surface area contributed by atoms with Gasteiger partial charge in [-0.2, -0.15) is 0 Å². The van der Waals surface area contributed by atoms with Crippen molar-refractivity contribution in [3.05, 3.63) is 42.0 Å². The van der Waals surface area contributed by atoms with Gasteiger partial charge in [0, 0.05) is 5.56 Å². The van der Waals surface area contributed by atoms with Crippen LogP contribution >= 0.6 is 0 Å². The molecule has 1 heteroatoms. The van der Waals surface area contributed by atoms with Crippen molar-refractivity contribution in [2.24, 2.45) is 11.8 Å². The van der Waals surface area contributed by atoms with E-state index in [-0.39, 0.29) is 0 Å². The standard InChI is InChI=1S/C25H36O/c1-3-5-7-10-22-13-15-23(16-14-22)11-8-9-12-24-17-19-25(20-18-24)26-21-6-4-2/h8,11,17-20,22-23H,3-7,10,13-16,21H2,1-2H3. The lowest BCUT2D eigenvalue weighted by molar-refractivity contribution is 0.289. The van der Waals surface area contributed by atoms with E-state index in [1.165, 1.54) is 51.4 Å². The molecule has 2 rings (SSSR count). The van der Waals surface area contributed by atoms with Crippen molar-refractivity contribution in [2.45, 2.75) is 78.1 Å². The first kappa shape index (κ1) is 20.6. The van der Waals surface area contributed by atoms with Crippen molar-refractivity contribution >= 4 is 0 Å². The van der Waals surface area contributed by atoms with Gasteiger partial charge in [0.2, 0.25) is 0 Å². The SMILES string of the molecule is CCCCCC1CCC(C=CC#Cc2ccc(OCCCC)cc2)CC1. The summed E-state index contributed by atoms with van der Waals surface area (Å²) in [6, 6.07) is 8.12. The van der Waals surface area contributed by atoms with Gasteiger partial charge in [-0.25, -0.2) is 0 Å². The number of unbranched alkanes of at least 4 members (excludes halogenated alkanes) is 3. The molecule has 1 saturated carbocycles. The van der Waals surface area contributed by atoms with Gasteiger partial charge in [-0.05, 0) is 74.3 Å². The molecule has 1 aliphatic carbocycles. The zero-order valence-electron chi connectivity index (χ0n) is 16.8. The van der Waals surface area contributed by atoms with Crippen LogP contribution in [0.5, 0.6) is 5.75 Å². The van der Waals surface area contributed by atoms with Crippen LogP contribution in [0.4, 0.5) is 0 Å². The summed E-state index contributed by atoms with van der Waals surface area (Å²) >= 11 is 0. The maximum Gasteiger partial charge on any atom is 0.119 e. The average molecular weight is 353 g/mol. The molecule has 0 atom stereocenters. The van der Waals surface area contributed by atoms with Gasteiger partial charge in [-0.3, -0.25) is 0 Å². The molecular weight excluding hydrogens is 316 g/mol. The molecule has 0 heterocycles. The molecule has 0 unspecified atom stereocenters. The highest BCUT2D eigenvalue weighted by atomic mass is 16.5. The summed E-state index contributed by atoms with van der Waals surface area (Å²) in [7, 11) is 0. The van der Waals surface area contributed by atoms with Gasteiger partial charge >= 0.3 is 0 Å². The van der Waals surface area contributed by atoms with E-state index in [0.717, 1.165) is 42.6 Å². The van der Waals surface area contributed by atoms with Crippen molar-refractivity contribution < 1.29 is 4.74 Å². The van der Waals surface area contributed by atoms with Crippen LogP contribution in [0, 0.1) is 23.7 Å². The minimum atomic E-state index is 0.737. The number of ether oxygens (including phenoxy) is 1. The number of rotatable bonds is 9. The Bertz CT molecular complexity index is 564. The van der Waals surface area contributed by atoms with Crippen molar-refractivity contribution in [3.8, 4) is 17.6 Å². The smallest absolute Gasteiger partial charge is 0.119 e. The summed E-state index contributed by atoms with van der Waals surface area (Å²) < 4.78 is 5.68. The lowest BCUT2D eigenvalue weighted by atomic mass is 9.79. The van der Waals surface area contributed by atoms with E-state index < -0.39 is 0 Å². The first-order chi connectivity index (χ1) is 12.8. The monoisotopic (exact) mass is 352 g/mol. The molecule has 26 heavy (non-hydrogen) atoms. The Morgan fingerprint density at radius 1 is 0.962 bits per heavy atom. The van der Waals surface area contributed by atoms with E-state index in [9.17, 15) is 0 Å².